The molecule has 2 aliphatic rings. The number of ether oxygens (including phenoxy) is 1. The van der Waals surface area contributed by atoms with Gasteiger partial charge < -0.3 is 9.64 Å². The Kier molecular flexibility index (Phi) is 3.19. The Hall–Kier alpha value is -0.990. The minimum Gasteiger partial charge on any atom is -0.444 e. The summed E-state index contributed by atoms with van der Waals surface area (Å²) < 4.78 is 5.43. The van der Waals surface area contributed by atoms with Gasteiger partial charge in [0.15, 0.2) is 0 Å². The molecule has 0 saturated carbocycles. The molecule has 1 aliphatic carbocycles. The van der Waals surface area contributed by atoms with Gasteiger partial charge in [-0.05, 0) is 44.9 Å². The number of nitrogens with zero attached hydrogens (tertiary/aromatic N) is 1. The van der Waals surface area contributed by atoms with Gasteiger partial charge in [0.25, 0.3) is 0 Å². The third-order valence-corrected chi connectivity index (χ3v) is 3.69. The maximum atomic E-state index is 12.0. The molecule has 3 nitrogen and oxygen atoms in total. The topological polar surface area (TPSA) is 29.5 Å². The summed E-state index contributed by atoms with van der Waals surface area (Å²) in [5.74, 6) is 1.83. The highest BCUT2D eigenvalue weighted by Gasteiger charge is 2.39. The predicted molar refractivity (Wildman–Crippen MR) is 67.7 cm³/mol. The van der Waals surface area contributed by atoms with Crippen LogP contribution < -0.4 is 0 Å². The molecule has 1 fully saturated rings. The zero-order chi connectivity index (χ0) is 12.6. The summed E-state index contributed by atoms with van der Waals surface area (Å²) in [4.78, 5) is 13.9. The molecule has 0 radical (unpaired) electrons. The first kappa shape index (κ1) is 12.5. The van der Waals surface area contributed by atoms with Gasteiger partial charge >= 0.3 is 6.09 Å². The van der Waals surface area contributed by atoms with Crippen molar-refractivity contribution in [2.45, 2.75) is 39.7 Å². The van der Waals surface area contributed by atoms with Crippen LogP contribution in [0.5, 0.6) is 0 Å². The zero-order valence-corrected chi connectivity index (χ0v) is 11.3. The fourth-order valence-electron chi connectivity index (χ4n) is 2.78. The molecule has 0 bridgehead atoms. The van der Waals surface area contributed by atoms with Crippen molar-refractivity contribution in [1.29, 1.82) is 0 Å². The molecule has 0 N–H and O–H groups in total. The minimum absolute atomic E-state index is 0.160. The number of hydrogen-bond donors (Lipinski definition) is 0. The molecule has 1 amide bonds. The van der Waals surface area contributed by atoms with Crippen molar-refractivity contribution in [3.63, 3.8) is 0 Å². The number of carbonyl (C=O) groups is 1. The van der Waals surface area contributed by atoms with Crippen molar-refractivity contribution in [1.82, 2.24) is 4.90 Å². The van der Waals surface area contributed by atoms with Crippen molar-refractivity contribution in [2.75, 3.05) is 13.1 Å². The fourth-order valence-corrected chi connectivity index (χ4v) is 2.78. The molecule has 0 aromatic carbocycles. The Balaban J connectivity index is 1.98. The van der Waals surface area contributed by atoms with Crippen LogP contribution in [-0.2, 0) is 4.74 Å². The molecule has 1 aliphatic heterocycles. The van der Waals surface area contributed by atoms with Gasteiger partial charge in [0, 0.05) is 13.1 Å². The van der Waals surface area contributed by atoms with E-state index >= 15 is 0 Å². The van der Waals surface area contributed by atoms with Gasteiger partial charge in [-0.15, -0.1) is 0 Å². The molecule has 3 atom stereocenters. The van der Waals surface area contributed by atoms with Crippen LogP contribution in [0.3, 0.4) is 0 Å². The molecular weight excluding hydrogens is 214 g/mol. The first-order chi connectivity index (χ1) is 7.87. The summed E-state index contributed by atoms with van der Waals surface area (Å²) in [6.45, 7) is 9.69. The van der Waals surface area contributed by atoms with Crippen molar-refractivity contribution >= 4 is 6.09 Å². The van der Waals surface area contributed by atoms with Gasteiger partial charge in [-0.25, -0.2) is 4.79 Å². The Morgan fingerprint density at radius 3 is 2.65 bits per heavy atom. The lowest BCUT2D eigenvalue weighted by Crippen LogP contribution is -2.35. The van der Waals surface area contributed by atoms with E-state index < -0.39 is 5.60 Å². The van der Waals surface area contributed by atoms with E-state index in [1.807, 2.05) is 25.7 Å². The summed E-state index contributed by atoms with van der Waals surface area (Å²) in [5, 5.41) is 0. The van der Waals surface area contributed by atoms with Gasteiger partial charge in [-0.2, -0.15) is 0 Å². The Morgan fingerprint density at radius 1 is 1.35 bits per heavy atom. The van der Waals surface area contributed by atoms with Crippen molar-refractivity contribution in [3.05, 3.63) is 12.2 Å². The van der Waals surface area contributed by atoms with Gasteiger partial charge in [-0.1, -0.05) is 19.1 Å². The van der Waals surface area contributed by atoms with E-state index in [0.29, 0.717) is 17.8 Å². The van der Waals surface area contributed by atoms with E-state index in [9.17, 15) is 4.79 Å². The SMILES string of the molecule is C[C@@H]1CC=CC2CN(C(=O)OC(C)(C)C)C[C@H]21. The summed E-state index contributed by atoms with van der Waals surface area (Å²) in [5.41, 5.74) is -0.397. The third kappa shape index (κ3) is 2.82. The van der Waals surface area contributed by atoms with Gasteiger partial charge in [0.2, 0.25) is 0 Å². The number of fused-ring (bicyclic) bond motifs is 1. The monoisotopic (exact) mass is 237 g/mol. The molecule has 0 aromatic heterocycles. The van der Waals surface area contributed by atoms with E-state index in [0.717, 1.165) is 19.5 Å². The van der Waals surface area contributed by atoms with Gasteiger partial charge in [-0.3, -0.25) is 0 Å². The van der Waals surface area contributed by atoms with Crippen LogP contribution >= 0.6 is 0 Å². The van der Waals surface area contributed by atoms with Crippen LogP contribution in [-0.4, -0.2) is 29.7 Å². The molecule has 0 spiro atoms. The Morgan fingerprint density at radius 2 is 2.06 bits per heavy atom. The number of likely N-dealkylation sites (tertiary alicyclic amines) is 1. The smallest absolute Gasteiger partial charge is 0.410 e. The lowest BCUT2D eigenvalue weighted by molar-refractivity contribution is 0.0283. The molecule has 1 unspecified atom stereocenters. The fraction of sp³-hybridized carbons (Fsp3) is 0.786. The highest BCUT2D eigenvalue weighted by Crippen LogP contribution is 2.36. The third-order valence-electron chi connectivity index (χ3n) is 3.69. The second-order valence-electron chi connectivity index (χ2n) is 6.35. The van der Waals surface area contributed by atoms with Crippen LogP contribution in [0.2, 0.25) is 0 Å². The second-order valence-corrected chi connectivity index (χ2v) is 6.35. The number of rotatable bonds is 0. The van der Waals surface area contributed by atoms with E-state index in [-0.39, 0.29) is 6.09 Å². The molecule has 1 saturated heterocycles. The molecule has 1 heterocycles. The summed E-state index contributed by atoms with van der Waals surface area (Å²) in [6, 6.07) is 0. The van der Waals surface area contributed by atoms with Gasteiger partial charge in [0.1, 0.15) is 5.60 Å². The average Bonchev–Trinajstić information content (AvgIpc) is 2.60. The van der Waals surface area contributed by atoms with E-state index in [2.05, 4.69) is 19.1 Å². The summed E-state index contributed by atoms with van der Waals surface area (Å²) in [6.07, 6.45) is 5.51. The standard InChI is InChI=1S/C14H23NO2/c1-10-6-5-7-11-8-15(9-12(10)11)13(16)17-14(2,3)4/h5,7,10-12H,6,8-9H2,1-4H3/t10-,11?,12+/m1/s1. The quantitative estimate of drug-likeness (QED) is 0.606. The molecule has 17 heavy (non-hydrogen) atoms. The Bertz CT molecular complexity index is 330. The first-order valence-corrected chi connectivity index (χ1v) is 6.51. The molecular formula is C14H23NO2. The molecule has 0 aromatic rings. The summed E-state index contributed by atoms with van der Waals surface area (Å²) >= 11 is 0. The van der Waals surface area contributed by atoms with E-state index in [1.54, 1.807) is 0 Å². The first-order valence-electron chi connectivity index (χ1n) is 6.51. The summed E-state index contributed by atoms with van der Waals surface area (Å²) in [7, 11) is 0. The van der Waals surface area contributed by atoms with Crippen molar-refractivity contribution in [2.24, 2.45) is 17.8 Å². The normalized spacial score (nSPS) is 32.5. The largest absolute Gasteiger partial charge is 0.444 e. The second kappa shape index (κ2) is 4.35. The highest BCUT2D eigenvalue weighted by atomic mass is 16.6. The molecule has 3 heteroatoms. The Labute approximate surface area is 104 Å². The molecule has 96 valence electrons. The molecule has 2 rings (SSSR count). The predicted octanol–water partition coefficient (Wildman–Crippen LogP) is 3.07. The van der Waals surface area contributed by atoms with Crippen LogP contribution in [0.4, 0.5) is 4.79 Å². The van der Waals surface area contributed by atoms with Crippen molar-refractivity contribution in [3.8, 4) is 0 Å². The number of hydrogen-bond acceptors (Lipinski definition) is 2. The van der Waals surface area contributed by atoms with Crippen molar-refractivity contribution < 1.29 is 9.53 Å². The van der Waals surface area contributed by atoms with Crippen LogP contribution in [0.1, 0.15) is 34.1 Å². The average molecular weight is 237 g/mol. The zero-order valence-electron chi connectivity index (χ0n) is 11.3. The maximum absolute atomic E-state index is 12.0. The number of allylic oxidation sites excluding steroid dienone is 1. The van der Waals surface area contributed by atoms with Crippen LogP contribution in [0.25, 0.3) is 0 Å². The van der Waals surface area contributed by atoms with Crippen LogP contribution in [0.15, 0.2) is 12.2 Å². The number of carbonyl (C=O) groups excluding carboxylic acids is 1. The maximum Gasteiger partial charge on any atom is 0.410 e. The van der Waals surface area contributed by atoms with E-state index in [4.69, 9.17) is 4.74 Å². The van der Waals surface area contributed by atoms with Crippen LogP contribution in [0, 0.1) is 17.8 Å². The van der Waals surface area contributed by atoms with E-state index in [1.165, 1.54) is 0 Å². The highest BCUT2D eigenvalue weighted by molar-refractivity contribution is 5.68. The van der Waals surface area contributed by atoms with Gasteiger partial charge in [0.05, 0.1) is 0 Å². The minimum atomic E-state index is -0.397. The lowest BCUT2D eigenvalue weighted by Gasteiger charge is -2.26. The number of amides is 1. The lowest BCUT2D eigenvalue weighted by atomic mass is 9.79.